The van der Waals surface area contributed by atoms with E-state index in [1.807, 2.05) is 24.3 Å². The number of fused-ring (bicyclic) bond motifs is 1. The van der Waals surface area contributed by atoms with Crippen LogP contribution in [-0.2, 0) is 13.1 Å². The van der Waals surface area contributed by atoms with E-state index in [-0.39, 0.29) is 11.6 Å². The summed E-state index contributed by atoms with van der Waals surface area (Å²) in [5.41, 5.74) is 2.20. The molecule has 19 heavy (non-hydrogen) atoms. The monoisotopic (exact) mass is 274 g/mol. The number of nitrogens with zero attached hydrogens (tertiary/aromatic N) is 2. The zero-order valence-corrected chi connectivity index (χ0v) is 10.7. The summed E-state index contributed by atoms with van der Waals surface area (Å²) in [6.45, 7) is 1.13. The van der Waals surface area contributed by atoms with Gasteiger partial charge in [0.2, 0.25) is 0 Å². The number of amides is 1. The minimum atomic E-state index is -1.11. The number of hydrogen-bond acceptors (Lipinski definition) is 4. The summed E-state index contributed by atoms with van der Waals surface area (Å²) in [4.78, 5) is 25.1. The van der Waals surface area contributed by atoms with Crippen molar-refractivity contribution in [1.82, 2.24) is 9.27 Å². The fraction of sp³-hybridized carbons (Fsp3) is 0.154. The molecule has 0 saturated heterocycles. The topological polar surface area (TPSA) is 70.5 Å². The van der Waals surface area contributed by atoms with Crippen LogP contribution in [0.15, 0.2) is 30.3 Å². The molecule has 0 spiro atoms. The lowest BCUT2D eigenvalue weighted by atomic mass is 10.1. The number of carboxylic acid groups (broad SMARTS) is 1. The van der Waals surface area contributed by atoms with Crippen LogP contribution in [0, 0.1) is 0 Å². The molecule has 0 atom stereocenters. The second kappa shape index (κ2) is 4.47. The molecule has 1 N–H and O–H groups in total. The molecule has 0 bridgehead atoms. The molecule has 1 aliphatic heterocycles. The van der Waals surface area contributed by atoms with Crippen molar-refractivity contribution >= 4 is 23.4 Å². The van der Waals surface area contributed by atoms with Crippen LogP contribution in [0.3, 0.4) is 0 Å². The lowest BCUT2D eigenvalue weighted by Crippen LogP contribution is -2.24. The van der Waals surface area contributed by atoms with Crippen LogP contribution >= 0.6 is 11.5 Å². The first kappa shape index (κ1) is 11.9. The van der Waals surface area contributed by atoms with Gasteiger partial charge in [-0.2, -0.15) is 4.37 Å². The highest BCUT2D eigenvalue weighted by molar-refractivity contribution is 7.08. The molecule has 1 aliphatic rings. The molecule has 6 heteroatoms. The largest absolute Gasteiger partial charge is 0.476 e. The molecule has 0 aliphatic carbocycles. The molecular weight excluding hydrogens is 264 g/mol. The Morgan fingerprint density at radius 1 is 1.21 bits per heavy atom. The van der Waals surface area contributed by atoms with E-state index >= 15 is 0 Å². The van der Waals surface area contributed by atoms with Crippen molar-refractivity contribution in [2.45, 2.75) is 13.1 Å². The fourth-order valence-corrected chi connectivity index (χ4v) is 2.81. The summed E-state index contributed by atoms with van der Waals surface area (Å²) in [6.07, 6.45) is 0. The Morgan fingerprint density at radius 3 is 2.37 bits per heavy atom. The predicted molar refractivity (Wildman–Crippen MR) is 69.1 cm³/mol. The Kier molecular flexibility index (Phi) is 2.79. The smallest absolute Gasteiger partial charge is 0.355 e. The van der Waals surface area contributed by atoms with Crippen molar-refractivity contribution in [2.24, 2.45) is 0 Å². The Balaban J connectivity index is 1.81. The van der Waals surface area contributed by atoms with Gasteiger partial charge < -0.3 is 10.0 Å². The average Bonchev–Trinajstić information content (AvgIpc) is 3.04. The van der Waals surface area contributed by atoms with Gasteiger partial charge in [0.15, 0.2) is 5.69 Å². The number of carboxylic acids is 1. The predicted octanol–water partition coefficient (Wildman–Crippen LogP) is 2.00. The molecule has 1 aromatic carbocycles. The Morgan fingerprint density at radius 2 is 1.84 bits per heavy atom. The fourth-order valence-electron chi connectivity index (χ4n) is 2.11. The highest BCUT2D eigenvalue weighted by Gasteiger charge is 2.25. The van der Waals surface area contributed by atoms with E-state index < -0.39 is 5.97 Å². The number of carbonyl (C=O) groups excluding carboxylic acids is 1. The second-order valence-corrected chi connectivity index (χ2v) is 5.12. The second-order valence-electron chi connectivity index (χ2n) is 4.31. The summed E-state index contributed by atoms with van der Waals surface area (Å²) < 4.78 is 3.75. The molecule has 5 nitrogen and oxygen atoms in total. The van der Waals surface area contributed by atoms with E-state index in [0.29, 0.717) is 18.0 Å². The third-order valence-electron chi connectivity index (χ3n) is 3.07. The van der Waals surface area contributed by atoms with Gasteiger partial charge >= 0.3 is 5.97 Å². The third kappa shape index (κ3) is 2.10. The van der Waals surface area contributed by atoms with Crippen molar-refractivity contribution in [3.05, 3.63) is 52.0 Å². The maximum atomic E-state index is 12.3. The molecule has 96 valence electrons. The summed E-state index contributed by atoms with van der Waals surface area (Å²) in [6, 6.07) is 9.22. The van der Waals surface area contributed by atoms with Crippen LogP contribution in [0.2, 0.25) is 0 Å². The minimum absolute atomic E-state index is 0.0786. The molecule has 2 heterocycles. The number of aromatic nitrogens is 1. The van der Waals surface area contributed by atoms with E-state index in [9.17, 15) is 9.59 Å². The van der Waals surface area contributed by atoms with Gasteiger partial charge in [0.1, 0.15) is 4.88 Å². The van der Waals surface area contributed by atoms with Gasteiger partial charge in [0, 0.05) is 13.1 Å². The van der Waals surface area contributed by atoms with Gasteiger partial charge in [-0.05, 0) is 28.7 Å². The van der Waals surface area contributed by atoms with Gasteiger partial charge in [-0.3, -0.25) is 4.79 Å². The quantitative estimate of drug-likeness (QED) is 0.909. The molecule has 1 amide bonds. The number of rotatable bonds is 2. The highest BCUT2D eigenvalue weighted by Crippen LogP contribution is 2.25. The highest BCUT2D eigenvalue weighted by atomic mass is 32.1. The van der Waals surface area contributed by atoms with Crippen LogP contribution in [-0.4, -0.2) is 26.3 Å². The molecule has 3 rings (SSSR count). The van der Waals surface area contributed by atoms with E-state index in [0.717, 1.165) is 22.7 Å². The first-order valence-electron chi connectivity index (χ1n) is 5.71. The molecule has 2 aromatic rings. The molecule has 0 fully saturated rings. The summed E-state index contributed by atoms with van der Waals surface area (Å²) >= 11 is 0.930. The lowest BCUT2D eigenvalue weighted by Gasteiger charge is -2.13. The minimum Gasteiger partial charge on any atom is -0.476 e. The van der Waals surface area contributed by atoms with Crippen molar-refractivity contribution in [3.63, 3.8) is 0 Å². The maximum absolute atomic E-state index is 12.3. The number of hydrogen-bond donors (Lipinski definition) is 1. The molecule has 0 saturated carbocycles. The van der Waals surface area contributed by atoms with Gasteiger partial charge in [-0.15, -0.1) is 0 Å². The van der Waals surface area contributed by atoms with Crippen LogP contribution < -0.4 is 0 Å². The van der Waals surface area contributed by atoms with Crippen molar-refractivity contribution < 1.29 is 14.7 Å². The molecular formula is C13H10N2O3S. The van der Waals surface area contributed by atoms with E-state index in [2.05, 4.69) is 4.37 Å². The normalized spacial score (nSPS) is 13.4. The van der Waals surface area contributed by atoms with Crippen molar-refractivity contribution in [1.29, 1.82) is 0 Å². The summed E-state index contributed by atoms with van der Waals surface area (Å²) in [5.74, 6) is -1.28. The molecule has 1 aromatic heterocycles. The standard InChI is InChI=1S/C13H10N2O3S/c16-12(11-5-10(13(17)18)14-19-11)15-6-8-3-1-2-4-9(8)7-15/h1-5H,6-7H2,(H,17,18). The van der Waals surface area contributed by atoms with Gasteiger partial charge in [0.25, 0.3) is 5.91 Å². The number of carbonyl (C=O) groups is 2. The zero-order chi connectivity index (χ0) is 13.4. The Bertz CT molecular complexity index is 640. The first-order valence-corrected chi connectivity index (χ1v) is 6.48. The lowest BCUT2D eigenvalue weighted by molar-refractivity contribution is 0.0692. The molecule has 0 unspecified atom stereocenters. The van der Waals surface area contributed by atoms with Crippen LogP contribution in [0.1, 0.15) is 31.3 Å². The third-order valence-corrected chi connectivity index (χ3v) is 3.85. The van der Waals surface area contributed by atoms with Crippen LogP contribution in [0.5, 0.6) is 0 Å². The van der Waals surface area contributed by atoms with E-state index in [1.165, 1.54) is 6.07 Å². The molecule has 0 radical (unpaired) electrons. The van der Waals surface area contributed by atoms with Gasteiger partial charge in [0.05, 0.1) is 0 Å². The summed E-state index contributed by atoms with van der Waals surface area (Å²) in [5, 5.41) is 8.81. The Hall–Kier alpha value is -2.21. The van der Waals surface area contributed by atoms with Crippen LogP contribution in [0.4, 0.5) is 0 Å². The van der Waals surface area contributed by atoms with E-state index in [4.69, 9.17) is 5.11 Å². The zero-order valence-electron chi connectivity index (χ0n) is 9.87. The van der Waals surface area contributed by atoms with Crippen molar-refractivity contribution in [3.8, 4) is 0 Å². The van der Waals surface area contributed by atoms with Gasteiger partial charge in [-0.1, -0.05) is 24.3 Å². The number of aromatic carboxylic acids is 1. The maximum Gasteiger partial charge on any atom is 0.355 e. The van der Waals surface area contributed by atoms with Gasteiger partial charge in [-0.25, -0.2) is 4.79 Å². The summed E-state index contributed by atoms with van der Waals surface area (Å²) in [7, 11) is 0. The first-order chi connectivity index (χ1) is 9.15. The number of benzene rings is 1. The Labute approximate surface area is 113 Å². The SMILES string of the molecule is O=C(O)c1cc(C(=O)N2Cc3ccccc3C2)sn1. The van der Waals surface area contributed by atoms with E-state index in [1.54, 1.807) is 4.90 Å². The van der Waals surface area contributed by atoms with Crippen LogP contribution in [0.25, 0.3) is 0 Å². The average molecular weight is 274 g/mol. The van der Waals surface area contributed by atoms with Crippen molar-refractivity contribution in [2.75, 3.05) is 0 Å².